The van der Waals surface area contributed by atoms with Gasteiger partial charge in [0.25, 0.3) is 5.69 Å². The van der Waals surface area contributed by atoms with Crippen LogP contribution in [0.3, 0.4) is 0 Å². The van der Waals surface area contributed by atoms with E-state index in [1.54, 1.807) is 12.1 Å². The van der Waals surface area contributed by atoms with Crippen molar-refractivity contribution in [3.8, 4) is 0 Å². The van der Waals surface area contributed by atoms with E-state index in [4.69, 9.17) is 10.6 Å². The van der Waals surface area contributed by atoms with Crippen molar-refractivity contribution in [3.05, 3.63) is 33.9 Å². The standard InChI is InChI=1S/C10H15N3O3/c1-7(2)16-6-8-3-4-10(13(14)15)9(5-8)12-11/h3-5,7,12H,6,11H2,1-2H3. The highest BCUT2D eigenvalue weighted by atomic mass is 16.6. The van der Waals surface area contributed by atoms with Crippen molar-refractivity contribution in [3.63, 3.8) is 0 Å². The average molecular weight is 225 g/mol. The highest BCUT2D eigenvalue weighted by Crippen LogP contribution is 2.24. The van der Waals surface area contributed by atoms with Crippen LogP contribution in [-0.4, -0.2) is 11.0 Å². The number of nitro groups is 1. The fourth-order valence-electron chi connectivity index (χ4n) is 1.21. The predicted octanol–water partition coefficient (Wildman–Crippen LogP) is 1.81. The Morgan fingerprint density at radius 2 is 2.25 bits per heavy atom. The smallest absolute Gasteiger partial charge is 0.293 e. The van der Waals surface area contributed by atoms with Gasteiger partial charge in [-0.3, -0.25) is 16.0 Å². The molecule has 0 aromatic heterocycles. The Hall–Kier alpha value is -1.66. The minimum atomic E-state index is -0.484. The van der Waals surface area contributed by atoms with Crippen molar-refractivity contribution >= 4 is 11.4 Å². The molecule has 1 aromatic carbocycles. The van der Waals surface area contributed by atoms with Gasteiger partial charge in [-0.05, 0) is 31.5 Å². The van der Waals surface area contributed by atoms with E-state index in [1.165, 1.54) is 6.07 Å². The summed E-state index contributed by atoms with van der Waals surface area (Å²) in [6, 6.07) is 4.68. The van der Waals surface area contributed by atoms with Gasteiger partial charge in [-0.25, -0.2) is 0 Å². The maximum atomic E-state index is 10.6. The molecule has 0 unspecified atom stereocenters. The maximum Gasteiger partial charge on any atom is 0.293 e. The first-order valence-corrected chi connectivity index (χ1v) is 4.90. The third kappa shape index (κ3) is 3.18. The molecule has 1 aromatic rings. The lowest BCUT2D eigenvalue weighted by atomic mass is 10.2. The van der Waals surface area contributed by atoms with E-state index in [0.717, 1.165) is 5.56 Å². The van der Waals surface area contributed by atoms with Crippen LogP contribution < -0.4 is 11.3 Å². The molecular formula is C10H15N3O3. The summed E-state index contributed by atoms with van der Waals surface area (Å²) < 4.78 is 5.39. The lowest BCUT2D eigenvalue weighted by Gasteiger charge is -2.09. The number of rotatable bonds is 5. The fraction of sp³-hybridized carbons (Fsp3) is 0.400. The van der Waals surface area contributed by atoms with Gasteiger partial charge in [0.15, 0.2) is 0 Å². The van der Waals surface area contributed by atoms with Crippen molar-refractivity contribution in [1.82, 2.24) is 0 Å². The number of hydrogen-bond donors (Lipinski definition) is 2. The molecule has 0 bridgehead atoms. The second-order valence-electron chi connectivity index (χ2n) is 3.61. The van der Waals surface area contributed by atoms with Crippen molar-refractivity contribution in [2.75, 3.05) is 5.43 Å². The van der Waals surface area contributed by atoms with Crippen LogP contribution in [-0.2, 0) is 11.3 Å². The number of nitro benzene ring substituents is 1. The van der Waals surface area contributed by atoms with Crippen LogP contribution in [0.5, 0.6) is 0 Å². The normalized spacial score (nSPS) is 10.5. The summed E-state index contributed by atoms with van der Waals surface area (Å²) in [7, 11) is 0. The summed E-state index contributed by atoms with van der Waals surface area (Å²) in [6.45, 7) is 4.26. The van der Waals surface area contributed by atoms with Gasteiger partial charge in [0.2, 0.25) is 0 Å². The van der Waals surface area contributed by atoms with E-state index in [2.05, 4.69) is 5.43 Å². The molecule has 6 nitrogen and oxygen atoms in total. The van der Waals surface area contributed by atoms with E-state index >= 15 is 0 Å². The third-order valence-corrected chi connectivity index (χ3v) is 2.00. The van der Waals surface area contributed by atoms with E-state index in [9.17, 15) is 10.1 Å². The molecule has 0 amide bonds. The molecule has 1 rings (SSSR count). The molecule has 0 fully saturated rings. The van der Waals surface area contributed by atoms with Crippen LogP contribution in [0.15, 0.2) is 18.2 Å². The molecule has 6 heteroatoms. The molecule has 0 aliphatic rings. The first-order chi connectivity index (χ1) is 7.54. The van der Waals surface area contributed by atoms with E-state index in [0.29, 0.717) is 6.61 Å². The van der Waals surface area contributed by atoms with Gasteiger partial charge in [-0.1, -0.05) is 0 Å². The van der Waals surface area contributed by atoms with Crippen LogP contribution in [0, 0.1) is 10.1 Å². The summed E-state index contributed by atoms with van der Waals surface area (Å²) in [5, 5.41) is 10.6. The predicted molar refractivity (Wildman–Crippen MR) is 60.8 cm³/mol. The molecular weight excluding hydrogens is 210 g/mol. The summed E-state index contributed by atoms with van der Waals surface area (Å²) in [5.41, 5.74) is 3.39. The second-order valence-corrected chi connectivity index (χ2v) is 3.61. The van der Waals surface area contributed by atoms with Gasteiger partial charge in [0.1, 0.15) is 5.69 Å². The summed E-state index contributed by atoms with van der Waals surface area (Å²) in [5.74, 6) is 5.22. The van der Waals surface area contributed by atoms with Gasteiger partial charge in [0.05, 0.1) is 17.6 Å². The highest BCUT2D eigenvalue weighted by Gasteiger charge is 2.13. The first-order valence-electron chi connectivity index (χ1n) is 4.90. The number of anilines is 1. The Kier molecular flexibility index (Phi) is 4.21. The SMILES string of the molecule is CC(C)OCc1ccc([N+](=O)[O-])c(NN)c1. The van der Waals surface area contributed by atoms with Crippen molar-refractivity contribution in [2.24, 2.45) is 5.84 Å². The quantitative estimate of drug-likeness (QED) is 0.453. The van der Waals surface area contributed by atoms with Gasteiger partial charge in [0, 0.05) is 6.07 Å². The van der Waals surface area contributed by atoms with Crippen LogP contribution >= 0.6 is 0 Å². The van der Waals surface area contributed by atoms with Gasteiger partial charge in [-0.2, -0.15) is 0 Å². The number of nitrogens with zero attached hydrogens (tertiary/aromatic N) is 1. The fourth-order valence-corrected chi connectivity index (χ4v) is 1.21. The third-order valence-electron chi connectivity index (χ3n) is 2.00. The number of hydrogen-bond acceptors (Lipinski definition) is 5. The van der Waals surface area contributed by atoms with E-state index in [-0.39, 0.29) is 17.5 Å². The number of hydrazine groups is 1. The van der Waals surface area contributed by atoms with Crippen LogP contribution in [0.4, 0.5) is 11.4 Å². The molecule has 0 atom stereocenters. The zero-order valence-corrected chi connectivity index (χ0v) is 9.27. The van der Waals surface area contributed by atoms with Crippen molar-refractivity contribution in [2.45, 2.75) is 26.6 Å². The number of ether oxygens (including phenoxy) is 1. The van der Waals surface area contributed by atoms with E-state index < -0.39 is 4.92 Å². The lowest BCUT2D eigenvalue weighted by Crippen LogP contribution is -2.10. The monoisotopic (exact) mass is 225 g/mol. The molecule has 0 heterocycles. The molecule has 0 radical (unpaired) electrons. The van der Waals surface area contributed by atoms with Crippen molar-refractivity contribution in [1.29, 1.82) is 0 Å². The minimum Gasteiger partial charge on any atom is -0.374 e. The summed E-state index contributed by atoms with van der Waals surface area (Å²) >= 11 is 0. The number of nitrogens with two attached hydrogens (primary N) is 1. The van der Waals surface area contributed by atoms with Gasteiger partial charge in [-0.15, -0.1) is 0 Å². The Morgan fingerprint density at radius 3 is 2.75 bits per heavy atom. The number of nitrogen functional groups attached to an aromatic ring is 1. The zero-order chi connectivity index (χ0) is 12.1. The van der Waals surface area contributed by atoms with Gasteiger partial charge < -0.3 is 10.2 Å². The Bertz CT molecular complexity index is 380. The zero-order valence-electron chi connectivity index (χ0n) is 9.27. The Morgan fingerprint density at radius 1 is 1.56 bits per heavy atom. The molecule has 0 saturated heterocycles. The van der Waals surface area contributed by atoms with Crippen LogP contribution in [0.1, 0.15) is 19.4 Å². The van der Waals surface area contributed by atoms with E-state index in [1.807, 2.05) is 13.8 Å². The summed E-state index contributed by atoms with van der Waals surface area (Å²) in [6.07, 6.45) is 0.115. The van der Waals surface area contributed by atoms with Crippen LogP contribution in [0.2, 0.25) is 0 Å². The molecule has 0 saturated carbocycles. The van der Waals surface area contributed by atoms with Gasteiger partial charge >= 0.3 is 0 Å². The summed E-state index contributed by atoms with van der Waals surface area (Å²) in [4.78, 5) is 10.2. The molecule has 0 spiro atoms. The Labute approximate surface area is 93.5 Å². The highest BCUT2D eigenvalue weighted by molar-refractivity contribution is 5.61. The average Bonchev–Trinajstić information content (AvgIpc) is 2.25. The van der Waals surface area contributed by atoms with Crippen molar-refractivity contribution < 1.29 is 9.66 Å². The molecule has 0 aliphatic carbocycles. The maximum absolute atomic E-state index is 10.6. The minimum absolute atomic E-state index is 0.0456. The molecule has 88 valence electrons. The molecule has 3 N–H and O–H groups in total. The number of nitrogens with one attached hydrogen (secondary N) is 1. The Balaban J connectivity index is 2.86. The number of benzene rings is 1. The second kappa shape index (κ2) is 5.43. The molecule has 0 aliphatic heterocycles. The largest absolute Gasteiger partial charge is 0.374 e. The topological polar surface area (TPSA) is 90.4 Å². The molecule has 16 heavy (non-hydrogen) atoms. The first kappa shape index (κ1) is 12.4. The lowest BCUT2D eigenvalue weighted by molar-refractivity contribution is -0.384. The van der Waals surface area contributed by atoms with Crippen LogP contribution in [0.25, 0.3) is 0 Å².